The van der Waals surface area contributed by atoms with Gasteiger partial charge in [0.1, 0.15) is 45.2 Å². The summed E-state index contributed by atoms with van der Waals surface area (Å²) in [5.74, 6) is -1.46. The number of esters is 1. The lowest BCUT2D eigenvalue weighted by atomic mass is 9.86. The molecule has 2 heterocycles. The van der Waals surface area contributed by atoms with Crippen molar-refractivity contribution in [1.29, 1.82) is 0 Å². The fourth-order valence-electron chi connectivity index (χ4n) is 6.37. The first-order valence-corrected chi connectivity index (χ1v) is 23.8. The Hall–Kier alpha value is -6.15. The summed E-state index contributed by atoms with van der Waals surface area (Å²) in [7, 11) is -3.10. The van der Waals surface area contributed by atoms with Gasteiger partial charge in [-0.25, -0.2) is 47.5 Å². The number of hydrogen-bond donors (Lipinski definition) is 9. The maximum absolute atomic E-state index is 14.2. The van der Waals surface area contributed by atoms with E-state index in [4.69, 9.17) is 70.1 Å². The number of carbonyl (C=O) groups is 2. The number of sulfonamides is 1. The van der Waals surface area contributed by atoms with Gasteiger partial charge in [-0.1, -0.05) is 51.0 Å². The van der Waals surface area contributed by atoms with Crippen molar-refractivity contribution in [3.63, 3.8) is 0 Å². The molecule has 410 valence electrons. The molecule has 0 fully saturated rings. The van der Waals surface area contributed by atoms with Crippen LogP contribution >= 0.6 is 0 Å². The third-order valence-corrected chi connectivity index (χ3v) is 11.3. The minimum absolute atomic E-state index is 0.00792. The van der Waals surface area contributed by atoms with Crippen LogP contribution in [0, 0.1) is 0 Å². The lowest BCUT2D eigenvalue weighted by Gasteiger charge is -2.25. The van der Waals surface area contributed by atoms with E-state index in [1.807, 2.05) is 0 Å². The Morgan fingerprint density at radius 2 is 1.28 bits per heavy atom. The minimum atomic E-state index is -4.50. The standard InChI is InChI=1S/C42H59N9O22S/c1-42(2,28-68-41(53)67-23-10-9-13-31(73-51(60)61)27-70-49(56)57)29-17-19-32(20-18-29)74(62,63)47-37-36(71-34-15-8-7-14-33(34)64-3)40(46-39(45-37)38-43-21-11-22-44-38)66-25-24-65-35(52)16-6-4-5-12-30(72-50(58)59)26-69-48(54)55/h7-8,11,14-15,17-22,30-31,54-61H,4-6,9-10,12-13,16,23-28H2,1-3H3,(H,45,46,47). The third-order valence-electron chi connectivity index (χ3n) is 9.98. The first kappa shape index (κ1) is 60.4. The van der Waals surface area contributed by atoms with Crippen molar-refractivity contribution in [2.24, 2.45) is 0 Å². The van der Waals surface area contributed by atoms with Crippen LogP contribution in [0.4, 0.5) is 10.6 Å². The Bertz CT molecular complexity index is 2410. The number of rotatable bonds is 35. The quantitative estimate of drug-likeness (QED) is 0.0170. The smallest absolute Gasteiger partial charge is 0.493 e. The Morgan fingerprint density at radius 1 is 0.676 bits per heavy atom. The van der Waals surface area contributed by atoms with Gasteiger partial charge in [0.2, 0.25) is 11.6 Å². The fraction of sp³-hybridized carbons (Fsp3) is 0.476. The molecule has 32 heteroatoms. The average molecular weight is 1070 g/mol. The predicted octanol–water partition coefficient (Wildman–Crippen LogP) is 4.79. The van der Waals surface area contributed by atoms with E-state index in [2.05, 4.69) is 44.0 Å². The molecule has 0 saturated heterocycles. The highest BCUT2D eigenvalue weighted by atomic mass is 32.2. The van der Waals surface area contributed by atoms with Crippen molar-refractivity contribution in [2.45, 2.75) is 87.7 Å². The molecule has 0 aliphatic carbocycles. The maximum atomic E-state index is 14.2. The predicted molar refractivity (Wildman–Crippen MR) is 240 cm³/mol. The van der Waals surface area contributed by atoms with E-state index in [-0.39, 0.29) is 85.4 Å². The number of carbonyl (C=O) groups excluding carboxylic acids is 2. The molecule has 0 aliphatic rings. The van der Waals surface area contributed by atoms with E-state index < -0.39 is 80.4 Å². The van der Waals surface area contributed by atoms with Crippen LogP contribution in [0.3, 0.4) is 0 Å². The normalized spacial score (nSPS) is 12.7. The summed E-state index contributed by atoms with van der Waals surface area (Å²) in [6.45, 7) is 1.77. The number of anilines is 1. The summed E-state index contributed by atoms with van der Waals surface area (Å²) in [5, 5.41) is 68.4. The Morgan fingerprint density at radius 3 is 1.88 bits per heavy atom. The largest absolute Gasteiger partial charge is 0.508 e. The van der Waals surface area contributed by atoms with Crippen LogP contribution in [-0.2, 0) is 53.8 Å². The van der Waals surface area contributed by atoms with E-state index in [0.29, 0.717) is 37.7 Å². The highest BCUT2D eigenvalue weighted by molar-refractivity contribution is 7.92. The Kier molecular flexibility index (Phi) is 25.2. The number of unbranched alkanes of at least 4 members (excludes halogenated alkanes) is 3. The molecular weight excluding hydrogens is 1010 g/mol. The third kappa shape index (κ3) is 21.7. The van der Waals surface area contributed by atoms with Crippen LogP contribution in [0.1, 0.15) is 70.8 Å². The van der Waals surface area contributed by atoms with Crippen LogP contribution < -0.4 is 18.9 Å². The van der Waals surface area contributed by atoms with Gasteiger partial charge >= 0.3 is 12.1 Å². The highest BCUT2D eigenvalue weighted by Gasteiger charge is 2.28. The lowest BCUT2D eigenvalue weighted by molar-refractivity contribution is -0.527. The SMILES string of the molecule is COc1ccccc1Oc1c(NS(=O)(=O)c2ccc(C(C)(C)COC(=O)OCCCCC(CON(O)O)ON(O)O)cc2)nc(-c2ncccn2)nc1OCCOC(=O)CCCCCC(CON(O)O)ON(O)O. The topological polar surface area (TPSA) is 399 Å². The molecule has 31 nitrogen and oxygen atoms in total. The van der Waals surface area contributed by atoms with Crippen molar-refractivity contribution in [1.82, 2.24) is 41.5 Å². The summed E-state index contributed by atoms with van der Waals surface area (Å²) in [4.78, 5) is 60.3. The number of para-hydroxylation sites is 2. The van der Waals surface area contributed by atoms with Gasteiger partial charge in [-0.05, 0) is 68.0 Å². The van der Waals surface area contributed by atoms with Gasteiger partial charge < -0.3 is 28.4 Å². The zero-order chi connectivity index (χ0) is 54.1. The van der Waals surface area contributed by atoms with Crippen molar-refractivity contribution < 1.29 is 107 Å². The van der Waals surface area contributed by atoms with Gasteiger partial charge in [-0.15, -0.1) is 0 Å². The molecule has 4 aromatic rings. The molecule has 9 N–H and O–H groups in total. The molecule has 0 saturated carbocycles. The number of nitrogens with one attached hydrogen (secondary N) is 1. The molecule has 0 radical (unpaired) electrons. The van der Waals surface area contributed by atoms with E-state index in [0.717, 1.165) is 0 Å². The second kappa shape index (κ2) is 30.9. The van der Waals surface area contributed by atoms with E-state index in [1.165, 1.54) is 49.8 Å². The molecule has 0 spiro atoms. The lowest BCUT2D eigenvalue weighted by Crippen LogP contribution is -2.31. The molecular formula is C42H59N9O22S. The van der Waals surface area contributed by atoms with E-state index >= 15 is 0 Å². The van der Waals surface area contributed by atoms with Gasteiger partial charge in [0.25, 0.3) is 15.9 Å². The number of hydrogen-bond acceptors (Lipinski definition) is 30. The second-order valence-electron chi connectivity index (χ2n) is 16.0. The first-order chi connectivity index (χ1) is 35.3. The Labute approximate surface area is 422 Å². The summed E-state index contributed by atoms with van der Waals surface area (Å²) in [5.41, 5.74) is -0.273. The monoisotopic (exact) mass is 1070 g/mol. The summed E-state index contributed by atoms with van der Waals surface area (Å²) >= 11 is 0. The fourth-order valence-corrected chi connectivity index (χ4v) is 7.37. The molecule has 2 aromatic carbocycles. The van der Waals surface area contributed by atoms with Gasteiger partial charge in [0, 0.05) is 24.2 Å². The van der Waals surface area contributed by atoms with E-state index in [9.17, 15) is 18.0 Å². The second-order valence-corrected chi connectivity index (χ2v) is 17.7. The number of aromatic nitrogens is 4. The first-order valence-electron chi connectivity index (χ1n) is 22.3. The molecule has 4 rings (SSSR count). The molecule has 0 amide bonds. The van der Waals surface area contributed by atoms with Crippen LogP contribution in [0.2, 0.25) is 0 Å². The van der Waals surface area contributed by atoms with Gasteiger partial charge in [-0.2, -0.15) is 4.98 Å². The summed E-state index contributed by atoms with van der Waals surface area (Å²) in [6.07, 6.45) is 2.06. The van der Waals surface area contributed by atoms with Crippen LogP contribution in [0.25, 0.3) is 11.6 Å². The number of benzene rings is 2. The summed E-state index contributed by atoms with van der Waals surface area (Å²) < 4.78 is 64.3. The number of nitrogens with zero attached hydrogens (tertiary/aromatic N) is 8. The van der Waals surface area contributed by atoms with Crippen LogP contribution in [-0.4, -0.2) is 163 Å². The van der Waals surface area contributed by atoms with Crippen molar-refractivity contribution in [3.8, 4) is 34.8 Å². The van der Waals surface area contributed by atoms with Crippen molar-refractivity contribution in [3.05, 3.63) is 72.6 Å². The zero-order valence-corrected chi connectivity index (χ0v) is 41.0. The molecule has 0 aliphatic heterocycles. The molecule has 2 atom stereocenters. The minimum Gasteiger partial charge on any atom is -0.493 e. The molecule has 2 unspecified atom stereocenters. The number of ether oxygens (including phenoxy) is 6. The van der Waals surface area contributed by atoms with Crippen LogP contribution in [0.5, 0.6) is 23.1 Å². The molecule has 74 heavy (non-hydrogen) atoms. The van der Waals surface area contributed by atoms with E-state index in [1.54, 1.807) is 38.1 Å². The number of methoxy groups -OCH3 is 1. The Balaban J connectivity index is 1.44. The maximum Gasteiger partial charge on any atom is 0.508 e. The van der Waals surface area contributed by atoms with Gasteiger partial charge in [-0.3, -0.25) is 51.2 Å². The van der Waals surface area contributed by atoms with Crippen molar-refractivity contribution in [2.75, 3.05) is 51.5 Å². The van der Waals surface area contributed by atoms with Crippen molar-refractivity contribution >= 4 is 28.0 Å². The average Bonchev–Trinajstić information content (AvgIpc) is 3.35. The molecule has 2 aromatic heterocycles. The molecule has 0 bridgehead atoms. The zero-order valence-electron chi connectivity index (χ0n) is 40.2. The van der Waals surface area contributed by atoms with Gasteiger partial charge in [0.15, 0.2) is 23.1 Å². The summed E-state index contributed by atoms with van der Waals surface area (Å²) in [6, 6.07) is 13.7. The van der Waals surface area contributed by atoms with Crippen LogP contribution in [0.15, 0.2) is 71.9 Å². The van der Waals surface area contributed by atoms with Gasteiger partial charge in [0.05, 0.1) is 40.2 Å². The highest BCUT2D eigenvalue weighted by Crippen LogP contribution is 2.41.